The minimum Gasteiger partial charge on any atom is -0.423 e. The number of nitrogens with two attached hydrogens (primary N) is 1. The van der Waals surface area contributed by atoms with E-state index >= 15 is 0 Å². The molecule has 0 spiro atoms. The van der Waals surface area contributed by atoms with Crippen molar-refractivity contribution in [3.8, 4) is 10.4 Å². The second-order valence-electron chi connectivity index (χ2n) is 6.79. The van der Waals surface area contributed by atoms with Crippen molar-refractivity contribution in [1.29, 1.82) is 0 Å². The highest BCUT2D eigenvalue weighted by Crippen LogP contribution is 2.30. The van der Waals surface area contributed by atoms with Crippen LogP contribution in [-0.4, -0.2) is 13.4 Å². The summed E-state index contributed by atoms with van der Waals surface area (Å²) in [6.07, 6.45) is 2.82. The Hall–Kier alpha value is -3.01. The third-order valence-electron chi connectivity index (χ3n) is 4.81. The maximum atomic E-state index is 12.2. The first-order valence-corrected chi connectivity index (χ1v) is 11.6. The van der Waals surface area contributed by atoms with Crippen LogP contribution in [0, 0.1) is 0 Å². The summed E-state index contributed by atoms with van der Waals surface area (Å²) in [6.45, 7) is 1.94. The highest BCUT2D eigenvalue weighted by molar-refractivity contribution is 7.90. The highest BCUT2D eigenvalue weighted by atomic mass is 32.2. The summed E-state index contributed by atoms with van der Waals surface area (Å²) in [6, 6.07) is 12.6. The molecule has 0 unspecified atom stereocenters. The van der Waals surface area contributed by atoms with E-state index < -0.39 is 15.8 Å². The lowest BCUT2D eigenvalue weighted by atomic mass is 9.95. The molecule has 0 saturated heterocycles. The summed E-state index contributed by atoms with van der Waals surface area (Å²) in [5.74, 6) is 0. The van der Waals surface area contributed by atoms with E-state index in [2.05, 4.69) is 9.71 Å². The molecule has 2 aromatic heterocycles. The van der Waals surface area contributed by atoms with E-state index in [-0.39, 0.29) is 0 Å². The van der Waals surface area contributed by atoms with Gasteiger partial charge in [-0.25, -0.2) is 9.93 Å². The molecule has 0 fully saturated rings. The molecule has 4 rings (SSSR count). The molecular formula is C21H19N3O4S2. The van der Waals surface area contributed by atoms with Crippen LogP contribution in [0.25, 0.3) is 21.4 Å². The number of nitrogens with zero attached hydrogens (tertiary/aromatic N) is 1. The lowest BCUT2D eigenvalue weighted by Crippen LogP contribution is -2.22. The van der Waals surface area contributed by atoms with Gasteiger partial charge in [0.25, 0.3) is 10.2 Å². The molecule has 0 bridgehead atoms. The normalized spacial score (nSPS) is 11.7. The van der Waals surface area contributed by atoms with Crippen molar-refractivity contribution < 1.29 is 12.8 Å². The molecule has 154 valence electrons. The quantitative estimate of drug-likeness (QED) is 0.443. The lowest BCUT2D eigenvalue weighted by molar-refractivity contribution is 0.559. The van der Waals surface area contributed by atoms with Crippen molar-refractivity contribution in [2.75, 3.05) is 4.72 Å². The molecule has 0 radical (unpaired) electrons. The molecule has 2 heterocycles. The third kappa shape index (κ3) is 4.28. The summed E-state index contributed by atoms with van der Waals surface area (Å²) in [7, 11) is -3.89. The summed E-state index contributed by atoms with van der Waals surface area (Å²) < 4.78 is 30.8. The fraction of sp³-hybridized carbons (Fsp3) is 0.143. The standard InChI is InChI=1S/C21H19N3O4S2/c1-2-16-13(4-3-5-18(16)24-30(22,26)27)8-15-10-21(25)28-19-9-14(6-7-17(15)19)20-11-23-12-29-20/h3-7,9-12,24H,2,8H2,1H3,(H2,22,26,27). The van der Waals surface area contributed by atoms with Gasteiger partial charge in [-0.3, -0.25) is 9.71 Å². The van der Waals surface area contributed by atoms with Gasteiger partial charge in [-0.05, 0) is 47.2 Å². The van der Waals surface area contributed by atoms with Crippen LogP contribution in [0.5, 0.6) is 0 Å². The molecule has 0 amide bonds. The molecule has 0 aliphatic heterocycles. The number of rotatable bonds is 6. The van der Waals surface area contributed by atoms with E-state index in [0.29, 0.717) is 24.1 Å². The zero-order valence-corrected chi connectivity index (χ0v) is 17.7. The summed E-state index contributed by atoms with van der Waals surface area (Å²) in [5.41, 5.74) is 5.73. The van der Waals surface area contributed by atoms with Crippen LogP contribution in [0.1, 0.15) is 23.6 Å². The monoisotopic (exact) mass is 441 g/mol. The average Bonchev–Trinajstić information content (AvgIpc) is 3.21. The van der Waals surface area contributed by atoms with Gasteiger partial charge >= 0.3 is 5.63 Å². The van der Waals surface area contributed by atoms with Crippen molar-refractivity contribution in [1.82, 2.24) is 4.98 Å². The number of anilines is 1. The summed E-state index contributed by atoms with van der Waals surface area (Å²) in [4.78, 5) is 17.3. The Kier molecular flexibility index (Phi) is 5.42. The van der Waals surface area contributed by atoms with Crippen LogP contribution in [0.4, 0.5) is 5.69 Å². The minimum atomic E-state index is -3.89. The Balaban J connectivity index is 1.79. The largest absolute Gasteiger partial charge is 0.423 e. The predicted octanol–water partition coefficient (Wildman–Crippen LogP) is 3.69. The number of hydrogen-bond donors (Lipinski definition) is 2. The molecule has 0 saturated carbocycles. The van der Waals surface area contributed by atoms with Gasteiger partial charge < -0.3 is 4.42 Å². The Morgan fingerprint density at radius 3 is 2.70 bits per heavy atom. The van der Waals surface area contributed by atoms with E-state index in [0.717, 1.165) is 32.5 Å². The van der Waals surface area contributed by atoms with Gasteiger partial charge in [0.1, 0.15) is 5.58 Å². The van der Waals surface area contributed by atoms with E-state index in [4.69, 9.17) is 9.56 Å². The van der Waals surface area contributed by atoms with Crippen molar-refractivity contribution >= 4 is 38.2 Å². The number of aromatic nitrogens is 1. The van der Waals surface area contributed by atoms with Crippen LogP contribution < -0.4 is 15.5 Å². The van der Waals surface area contributed by atoms with Crippen LogP contribution in [0.15, 0.2) is 63.4 Å². The molecule has 30 heavy (non-hydrogen) atoms. The zero-order chi connectivity index (χ0) is 21.3. The molecular weight excluding hydrogens is 422 g/mol. The van der Waals surface area contributed by atoms with Crippen LogP contribution in [0.2, 0.25) is 0 Å². The SMILES string of the molecule is CCc1c(Cc2cc(=O)oc3cc(-c4cncs4)ccc23)cccc1NS(N)(=O)=O. The van der Waals surface area contributed by atoms with Gasteiger partial charge in [-0.2, -0.15) is 8.42 Å². The number of thiazole rings is 1. The molecule has 4 aromatic rings. The van der Waals surface area contributed by atoms with Crippen molar-refractivity contribution in [2.24, 2.45) is 5.14 Å². The Bertz CT molecular complexity index is 1380. The molecule has 0 aliphatic rings. The van der Waals surface area contributed by atoms with Crippen LogP contribution >= 0.6 is 11.3 Å². The number of hydrogen-bond acceptors (Lipinski definition) is 6. The van der Waals surface area contributed by atoms with Crippen LogP contribution in [0.3, 0.4) is 0 Å². The zero-order valence-electron chi connectivity index (χ0n) is 16.1. The average molecular weight is 442 g/mol. The molecule has 9 heteroatoms. The summed E-state index contributed by atoms with van der Waals surface area (Å²) >= 11 is 1.51. The second kappa shape index (κ2) is 8.02. The van der Waals surface area contributed by atoms with Gasteiger partial charge in [-0.1, -0.05) is 31.2 Å². The maximum Gasteiger partial charge on any atom is 0.336 e. The first-order chi connectivity index (χ1) is 14.3. The molecule has 7 nitrogen and oxygen atoms in total. The van der Waals surface area contributed by atoms with E-state index in [9.17, 15) is 13.2 Å². The molecule has 0 atom stereocenters. The smallest absolute Gasteiger partial charge is 0.336 e. The Labute approximate surface area is 177 Å². The molecule has 2 aromatic carbocycles. The molecule has 3 N–H and O–H groups in total. The fourth-order valence-electron chi connectivity index (χ4n) is 3.56. The summed E-state index contributed by atoms with van der Waals surface area (Å²) in [5, 5.41) is 5.97. The number of fused-ring (bicyclic) bond motifs is 1. The Morgan fingerprint density at radius 1 is 1.17 bits per heavy atom. The van der Waals surface area contributed by atoms with Crippen molar-refractivity contribution in [2.45, 2.75) is 19.8 Å². The Morgan fingerprint density at radius 2 is 2.00 bits per heavy atom. The first-order valence-electron chi connectivity index (χ1n) is 9.21. The third-order valence-corrected chi connectivity index (χ3v) is 6.13. The fourth-order valence-corrected chi connectivity index (χ4v) is 4.68. The lowest BCUT2D eigenvalue weighted by Gasteiger charge is -2.15. The van der Waals surface area contributed by atoms with Gasteiger partial charge in [0, 0.05) is 17.6 Å². The number of nitrogens with one attached hydrogen (secondary N) is 1. The van der Waals surface area contributed by atoms with E-state index in [1.54, 1.807) is 23.8 Å². The second-order valence-corrected chi connectivity index (χ2v) is 8.97. The van der Waals surface area contributed by atoms with Crippen LogP contribution in [-0.2, 0) is 23.1 Å². The van der Waals surface area contributed by atoms with Crippen molar-refractivity contribution in [3.05, 3.63) is 81.3 Å². The van der Waals surface area contributed by atoms with E-state index in [1.165, 1.54) is 17.4 Å². The maximum absolute atomic E-state index is 12.2. The minimum absolute atomic E-state index is 0.434. The number of benzene rings is 2. The first kappa shape index (κ1) is 20.3. The van der Waals surface area contributed by atoms with Gasteiger partial charge in [0.2, 0.25) is 0 Å². The van der Waals surface area contributed by atoms with Gasteiger partial charge in [0.05, 0.1) is 16.1 Å². The highest BCUT2D eigenvalue weighted by Gasteiger charge is 2.14. The van der Waals surface area contributed by atoms with Gasteiger partial charge in [0.15, 0.2) is 0 Å². The van der Waals surface area contributed by atoms with E-state index in [1.807, 2.05) is 31.2 Å². The van der Waals surface area contributed by atoms with Gasteiger partial charge in [-0.15, -0.1) is 11.3 Å². The molecule has 0 aliphatic carbocycles. The topological polar surface area (TPSA) is 115 Å². The predicted molar refractivity (Wildman–Crippen MR) is 119 cm³/mol. The van der Waals surface area contributed by atoms with Crippen molar-refractivity contribution in [3.63, 3.8) is 0 Å².